The van der Waals surface area contributed by atoms with E-state index in [2.05, 4.69) is 52.6 Å². The van der Waals surface area contributed by atoms with Crippen molar-refractivity contribution < 1.29 is 0 Å². The van der Waals surface area contributed by atoms with Crippen LogP contribution in [0, 0.1) is 16.7 Å². The molecule has 0 unspecified atom stereocenters. The lowest BCUT2D eigenvalue weighted by molar-refractivity contribution is 0.181. The first-order valence-corrected chi connectivity index (χ1v) is 8.80. The van der Waals surface area contributed by atoms with Crippen LogP contribution < -0.4 is 0 Å². The van der Waals surface area contributed by atoms with Crippen molar-refractivity contribution in [3.63, 3.8) is 0 Å². The standard InChI is InChI=1S/C14H26Br2/c1-13(2,3)8-9-14(10-15,11-16)12-6-4-5-7-12/h12H,4-11H2,1-3H3. The Labute approximate surface area is 118 Å². The van der Waals surface area contributed by atoms with Gasteiger partial charge in [0.2, 0.25) is 0 Å². The molecule has 0 aromatic heterocycles. The fourth-order valence-corrected chi connectivity index (χ4v) is 5.16. The highest BCUT2D eigenvalue weighted by Crippen LogP contribution is 2.47. The van der Waals surface area contributed by atoms with Gasteiger partial charge in [-0.3, -0.25) is 0 Å². The molecule has 1 aliphatic carbocycles. The van der Waals surface area contributed by atoms with Gasteiger partial charge in [0, 0.05) is 10.7 Å². The van der Waals surface area contributed by atoms with E-state index in [4.69, 9.17) is 0 Å². The van der Waals surface area contributed by atoms with Gasteiger partial charge in [-0.15, -0.1) is 0 Å². The Bertz CT molecular complexity index is 195. The van der Waals surface area contributed by atoms with E-state index in [1.54, 1.807) is 0 Å². The van der Waals surface area contributed by atoms with Gasteiger partial charge in [0.25, 0.3) is 0 Å². The van der Waals surface area contributed by atoms with E-state index < -0.39 is 0 Å². The molecule has 16 heavy (non-hydrogen) atoms. The Morgan fingerprint density at radius 2 is 1.44 bits per heavy atom. The molecule has 2 heteroatoms. The molecule has 0 aromatic rings. The summed E-state index contributed by atoms with van der Waals surface area (Å²) in [7, 11) is 0. The van der Waals surface area contributed by atoms with Gasteiger partial charge in [-0.05, 0) is 42.4 Å². The molecule has 0 spiro atoms. The van der Waals surface area contributed by atoms with Crippen LogP contribution in [-0.2, 0) is 0 Å². The topological polar surface area (TPSA) is 0 Å². The fraction of sp³-hybridized carbons (Fsp3) is 1.00. The molecule has 1 fully saturated rings. The molecule has 96 valence electrons. The summed E-state index contributed by atoms with van der Waals surface area (Å²) in [5.74, 6) is 0.939. The van der Waals surface area contributed by atoms with Gasteiger partial charge < -0.3 is 0 Å². The largest absolute Gasteiger partial charge is 0.0922 e. The number of rotatable bonds is 5. The number of hydrogen-bond donors (Lipinski definition) is 0. The third-order valence-electron chi connectivity index (χ3n) is 4.13. The minimum Gasteiger partial charge on any atom is -0.0922 e. The third kappa shape index (κ3) is 4.01. The molecule has 1 aliphatic rings. The maximum absolute atomic E-state index is 3.78. The first-order valence-electron chi connectivity index (χ1n) is 6.55. The molecular formula is C14H26Br2. The van der Waals surface area contributed by atoms with Gasteiger partial charge in [-0.1, -0.05) is 65.5 Å². The van der Waals surface area contributed by atoms with Crippen LogP contribution in [0.1, 0.15) is 59.3 Å². The predicted molar refractivity (Wildman–Crippen MR) is 80.7 cm³/mol. The second kappa shape index (κ2) is 6.22. The Balaban J connectivity index is 2.63. The number of halogens is 2. The zero-order valence-electron chi connectivity index (χ0n) is 11.0. The minimum absolute atomic E-state index is 0.466. The van der Waals surface area contributed by atoms with Crippen molar-refractivity contribution in [2.45, 2.75) is 59.3 Å². The normalized spacial score (nSPS) is 19.3. The van der Waals surface area contributed by atoms with E-state index in [9.17, 15) is 0 Å². The number of alkyl halides is 2. The summed E-state index contributed by atoms with van der Waals surface area (Å²) in [6, 6.07) is 0. The van der Waals surface area contributed by atoms with Crippen LogP contribution in [0.25, 0.3) is 0 Å². The maximum atomic E-state index is 3.78. The molecule has 0 nitrogen and oxygen atoms in total. The maximum Gasteiger partial charge on any atom is 0.00986 e. The van der Waals surface area contributed by atoms with E-state index in [1.165, 1.54) is 38.5 Å². The van der Waals surface area contributed by atoms with Crippen LogP contribution in [0.3, 0.4) is 0 Å². The fourth-order valence-electron chi connectivity index (χ4n) is 2.75. The Hall–Kier alpha value is 0.960. The first-order chi connectivity index (χ1) is 7.43. The quantitative estimate of drug-likeness (QED) is 0.549. The summed E-state index contributed by atoms with van der Waals surface area (Å²) >= 11 is 7.56. The van der Waals surface area contributed by atoms with E-state index in [0.29, 0.717) is 10.8 Å². The average molecular weight is 354 g/mol. The van der Waals surface area contributed by atoms with Crippen LogP contribution in [0.2, 0.25) is 0 Å². The summed E-state index contributed by atoms with van der Waals surface area (Å²) in [6.07, 6.45) is 8.48. The second-order valence-electron chi connectivity index (χ2n) is 6.67. The summed E-state index contributed by atoms with van der Waals surface area (Å²) in [4.78, 5) is 0. The van der Waals surface area contributed by atoms with Gasteiger partial charge in [-0.25, -0.2) is 0 Å². The Morgan fingerprint density at radius 1 is 0.938 bits per heavy atom. The molecule has 1 rings (SSSR count). The summed E-state index contributed by atoms with van der Waals surface area (Å²) in [5.41, 5.74) is 0.970. The summed E-state index contributed by atoms with van der Waals surface area (Å²) in [6.45, 7) is 7.07. The van der Waals surface area contributed by atoms with Crippen molar-refractivity contribution in [1.29, 1.82) is 0 Å². The lowest BCUT2D eigenvalue weighted by Crippen LogP contribution is -2.34. The molecule has 0 heterocycles. The zero-order valence-corrected chi connectivity index (χ0v) is 14.2. The molecule has 0 aliphatic heterocycles. The van der Waals surface area contributed by atoms with E-state index in [1.807, 2.05) is 0 Å². The van der Waals surface area contributed by atoms with Crippen LogP contribution in [0.4, 0.5) is 0 Å². The Morgan fingerprint density at radius 3 is 1.81 bits per heavy atom. The van der Waals surface area contributed by atoms with Crippen LogP contribution in [0.15, 0.2) is 0 Å². The van der Waals surface area contributed by atoms with E-state index in [0.717, 1.165) is 16.6 Å². The van der Waals surface area contributed by atoms with Gasteiger partial charge in [-0.2, -0.15) is 0 Å². The molecule has 0 N–H and O–H groups in total. The molecule has 0 saturated heterocycles. The molecular weight excluding hydrogens is 328 g/mol. The van der Waals surface area contributed by atoms with Crippen LogP contribution in [-0.4, -0.2) is 10.7 Å². The second-order valence-corrected chi connectivity index (χ2v) is 7.79. The highest BCUT2D eigenvalue weighted by molar-refractivity contribution is 9.09. The predicted octanol–water partition coefficient (Wildman–Crippen LogP) is 5.78. The lowest BCUT2D eigenvalue weighted by atomic mass is 9.71. The van der Waals surface area contributed by atoms with Gasteiger partial charge in [0.1, 0.15) is 0 Å². The van der Waals surface area contributed by atoms with Gasteiger partial charge in [0.15, 0.2) is 0 Å². The molecule has 0 amide bonds. The van der Waals surface area contributed by atoms with Crippen molar-refractivity contribution in [3.8, 4) is 0 Å². The molecule has 0 bridgehead atoms. The van der Waals surface area contributed by atoms with Crippen LogP contribution in [0.5, 0.6) is 0 Å². The van der Waals surface area contributed by atoms with Crippen molar-refractivity contribution in [1.82, 2.24) is 0 Å². The first kappa shape index (κ1) is 15.0. The van der Waals surface area contributed by atoms with Crippen molar-refractivity contribution in [2.75, 3.05) is 10.7 Å². The minimum atomic E-state index is 0.466. The molecule has 0 radical (unpaired) electrons. The molecule has 1 saturated carbocycles. The van der Waals surface area contributed by atoms with Crippen molar-refractivity contribution in [3.05, 3.63) is 0 Å². The third-order valence-corrected chi connectivity index (χ3v) is 6.36. The monoisotopic (exact) mass is 352 g/mol. The highest BCUT2D eigenvalue weighted by Gasteiger charge is 2.38. The molecule has 0 atom stereocenters. The SMILES string of the molecule is CC(C)(C)CCC(CBr)(CBr)C1CCCC1. The van der Waals surface area contributed by atoms with Gasteiger partial charge >= 0.3 is 0 Å². The summed E-state index contributed by atoms with van der Waals surface area (Å²) < 4.78 is 0. The van der Waals surface area contributed by atoms with Crippen LogP contribution >= 0.6 is 31.9 Å². The highest BCUT2D eigenvalue weighted by atomic mass is 79.9. The van der Waals surface area contributed by atoms with E-state index >= 15 is 0 Å². The average Bonchev–Trinajstić information content (AvgIpc) is 2.72. The number of hydrogen-bond acceptors (Lipinski definition) is 0. The Kier molecular flexibility index (Phi) is 5.84. The lowest BCUT2D eigenvalue weighted by Gasteiger charge is -2.38. The van der Waals surface area contributed by atoms with Crippen molar-refractivity contribution in [2.24, 2.45) is 16.7 Å². The van der Waals surface area contributed by atoms with E-state index in [-0.39, 0.29) is 0 Å². The van der Waals surface area contributed by atoms with Gasteiger partial charge in [0.05, 0.1) is 0 Å². The van der Waals surface area contributed by atoms with Crippen molar-refractivity contribution >= 4 is 31.9 Å². The molecule has 0 aromatic carbocycles. The smallest absolute Gasteiger partial charge is 0.00986 e. The zero-order chi connectivity index (χ0) is 12.2. The summed E-state index contributed by atoms with van der Waals surface area (Å²) in [5, 5.41) is 2.32.